The molecule has 34 heavy (non-hydrogen) atoms. The summed E-state index contributed by atoms with van der Waals surface area (Å²) >= 11 is 0. The lowest BCUT2D eigenvalue weighted by molar-refractivity contribution is -0.270. The van der Waals surface area contributed by atoms with Crippen molar-refractivity contribution in [3.05, 3.63) is 54.1 Å². The molecule has 6 nitrogen and oxygen atoms in total. The van der Waals surface area contributed by atoms with E-state index >= 15 is 0 Å². The van der Waals surface area contributed by atoms with Crippen LogP contribution in [0, 0.1) is 0 Å². The second-order valence-corrected chi connectivity index (χ2v) is 8.19. The summed E-state index contributed by atoms with van der Waals surface area (Å²) in [5, 5.41) is 1.76. The van der Waals surface area contributed by atoms with Gasteiger partial charge in [0.1, 0.15) is 5.52 Å². The minimum absolute atomic E-state index is 0.0723. The fraction of sp³-hybridized carbons (Fsp3) is 0.348. The molecular formula is C23H20F5N3O3. The van der Waals surface area contributed by atoms with Gasteiger partial charge in [0.05, 0.1) is 0 Å². The van der Waals surface area contributed by atoms with E-state index in [9.17, 15) is 31.5 Å². The third-order valence-electron chi connectivity index (χ3n) is 5.92. The van der Waals surface area contributed by atoms with E-state index in [1.54, 1.807) is 35.6 Å². The number of alkyl halides is 5. The fourth-order valence-corrected chi connectivity index (χ4v) is 3.97. The summed E-state index contributed by atoms with van der Waals surface area (Å²) < 4.78 is 69.2. The lowest BCUT2D eigenvalue weighted by Gasteiger charge is -2.25. The third-order valence-corrected chi connectivity index (χ3v) is 5.92. The summed E-state index contributed by atoms with van der Waals surface area (Å²) in [6.07, 6.45) is -5.36. The highest BCUT2D eigenvalue weighted by molar-refractivity contribution is 5.94. The molecule has 1 aromatic heterocycles. The Kier molecular flexibility index (Phi) is 6.05. The van der Waals surface area contributed by atoms with Gasteiger partial charge in [0, 0.05) is 30.3 Å². The number of benzene rings is 2. The first-order valence-corrected chi connectivity index (χ1v) is 10.5. The average molecular weight is 481 g/mol. The predicted octanol–water partition coefficient (Wildman–Crippen LogP) is 4.80. The number of nitrogens with one attached hydrogen (secondary N) is 1. The van der Waals surface area contributed by atoms with Gasteiger partial charge in [0.2, 0.25) is 5.89 Å². The highest BCUT2D eigenvalue weighted by Gasteiger charge is 2.63. The Morgan fingerprint density at radius 2 is 1.71 bits per heavy atom. The Morgan fingerprint density at radius 1 is 1.03 bits per heavy atom. The molecule has 2 amide bonds. The van der Waals surface area contributed by atoms with Crippen LogP contribution in [0.5, 0.6) is 0 Å². The topological polar surface area (TPSA) is 75.4 Å². The molecular weight excluding hydrogens is 461 g/mol. The van der Waals surface area contributed by atoms with Crippen molar-refractivity contribution < 1.29 is 36.0 Å². The molecule has 1 N–H and O–H groups in total. The van der Waals surface area contributed by atoms with Crippen LogP contribution in [-0.2, 0) is 4.79 Å². The largest absolute Gasteiger partial charge is 0.463 e. The van der Waals surface area contributed by atoms with Gasteiger partial charge in [0.25, 0.3) is 5.91 Å². The minimum Gasteiger partial charge on any atom is -0.436 e. The number of aromatic nitrogens is 1. The van der Waals surface area contributed by atoms with Crippen LogP contribution >= 0.6 is 0 Å². The van der Waals surface area contributed by atoms with E-state index in [-0.39, 0.29) is 18.7 Å². The number of oxazole rings is 1. The monoisotopic (exact) mass is 481 g/mol. The highest BCUT2D eigenvalue weighted by atomic mass is 19.4. The van der Waals surface area contributed by atoms with Gasteiger partial charge in [0.15, 0.2) is 5.58 Å². The van der Waals surface area contributed by atoms with Crippen molar-refractivity contribution >= 4 is 22.9 Å². The van der Waals surface area contributed by atoms with Gasteiger partial charge in [-0.25, -0.2) is 4.98 Å². The third kappa shape index (κ3) is 4.46. The molecule has 180 valence electrons. The second kappa shape index (κ2) is 8.69. The van der Waals surface area contributed by atoms with E-state index in [1.165, 1.54) is 11.9 Å². The fourth-order valence-electron chi connectivity index (χ4n) is 3.97. The number of carbonyl (C=O) groups excluding carboxylic acids is 2. The zero-order valence-corrected chi connectivity index (χ0v) is 17.9. The van der Waals surface area contributed by atoms with Crippen molar-refractivity contribution in [3.8, 4) is 11.5 Å². The molecule has 11 heteroatoms. The maximum atomic E-state index is 13.2. The Balaban J connectivity index is 1.38. The van der Waals surface area contributed by atoms with Gasteiger partial charge in [-0.15, -0.1) is 0 Å². The molecule has 1 aliphatic rings. The van der Waals surface area contributed by atoms with Crippen molar-refractivity contribution in [1.82, 2.24) is 15.2 Å². The first-order valence-electron chi connectivity index (χ1n) is 10.5. The molecule has 2 aromatic carbocycles. The maximum Gasteiger partial charge on any atom is 0.463 e. The van der Waals surface area contributed by atoms with Gasteiger partial charge in [-0.05, 0) is 55.7 Å². The zero-order valence-electron chi connectivity index (χ0n) is 17.9. The van der Waals surface area contributed by atoms with Gasteiger partial charge < -0.3 is 14.6 Å². The summed E-state index contributed by atoms with van der Waals surface area (Å²) in [6, 6.07) is 12.5. The predicted molar refractivity (Wildman–Crippen MR) is 112 cm³/mol. The molecule has 0 aliphatic heterocycles. The minimum atomic E-state index is -5.97. The van der Waals surface area contributed by atoms with E-state index < -0.39 is 30.1 Å². The summed E-state index contributed by atoms with van der Waals surface area (Å²) in [5.41, 5.74) is 2.37. The number of halogens is 5. The van der Waals surface area contributed by atoms with Crippen molar-refractivity contribution in [3.63, 3.8) is 0 Å². The van der Waals surface area contributed by atoms with Crippen LogP contribution in [0.15, 0.2) is 52.9 Å². The molecule has 2 unspecified atom stereocenters. The first kappa shape index (κ1) is 23.7. The normalized spacial score (nSPS) is 18.8. The number of hydrogen-bond donors (Lipinski definition) is 1. The highest BCUT2D eigenvalue weighted by Crippen LogP contribution is 2.36. The standard InChI is InChI=1S/C23H20F5N3O3/c1-31(16-11-10-15(12-16)29-21(33)22(24,25)23(26,27)28)20(32)14-8-6-13(7-9-14)19-30-17-4-2-3-5-18(17)34-19/h2-9,15-16H,10-12H2,1H3,(H,29,33). The summed E-state index contributed by atoms with van der Waals surface area (Å²) in [6.45, 7) is 0. The van der Waals surface area contributed by atoms with Crippen molar-refractivity contribution in [2.24, 2.45) is 0 Å². The van der Waals surface area contributed by atoms with Crippen molar-refractivity contribution in [2.45, 2.75) is 43.4 Å². The van der Waals surface area contributed by atoms with E-state index in [1.807, 2.05) is 18.2 Å². The average Bonchev–Trinajstić information content (AvgIpc) is 3.44. The van der Waals surface area contributed by atoms with E-state index in [0.29, 0.717) is 34.5 Å². The van der Waals surface area contributed by atoms with Crippen LogP contribution in [0.1, 0.15) is 29.6 Å². The molecule has 2 atom stereocenters. The van der Waals surface area contributed by atoms with Gasteiger partial charge in [-0.1, -0.05) is 12.1 Å². The van der Waals surface area contributed by atoms with Crippen LogP contribution in [0.4, 0.5) is 22.0 Å². The molecule has 0 spiro atoms. The van der Waals surface area contributed by atoms with E-state index in [2.05, 4.69) is 4.98 Å². The van der Waals surface area contributed by atoms with E-state index in [0.717, 1.165) is 0 Å². The first-order chi connectivity index (χ1) is 16.0. The van der Waals surface area contributed by atoms with Gasteiger partial charge in [-0.3, -0.25) is 9.59 Å². The summed E-state index contributed by atoms with van der Waals surface area (Å²) in [5.74, 6) is -7.79. The van der Waals surface area contributed by atoms with Crippen LogP contribution in [0.25, 0.3) is 22.6 Å². The molecule has 0 radical (unpaired) electrons. The number of amides is 2. The molecule has 1 aliphatic carbocycles. The van der Waals surface area contributed by atoms with Crippen LogP contribution < -0.4 is 5.32 Å². The second-order valence-electron chi connectivity index (χ2n) is 8.19. The molecule has 1 fully saturated rings. The zero-order chi connectivity index (χ0) is 24.7. The number of fused-ring (bicyclic) bond motifs is 1. The number of carbonyl (C=O) groups is 2. The van der Waals surface area contributed by atoms with E-state index in [4.69, 9.17) is 4.42 Å². The molecule has 0 bridgehead atoms. The molecule has 1 heterocycles. The number of para-hydroxylation sites is 2. The summed E-state index contributed by atoms with van der Waals surface area (Å²) in [7, 11) is 1.52. The van der Waals surface area contributed by atoms with Crippen molar-refractivity contribution in [1.29, 1.82) is 0 Å². The quantitative estimate of drug-likeness (QED) is 0.532. The number of rotatable bonds is 5. The number of hydrogen-bond acceptors (Lipinski definition) is 4. The van der Waals surface area contributed by atoms with Crippen LogP contribution in [0.3, 0.4) is 0 Å². The molecule has 1 saturated carbocycles. The van der Waals surface area contributed by atoms with Crippen molar-refractivity contribution in [2.75, 3.05) is 7.05 Å². The SMILES string of the molecule is CN(C(=O)c1ccc(-c2nc3ccccc3o2)cc1)C1CCC(NC(=O)C(F)(F)C(F)(F)F)C1. The van der Waals surface area contributed by atoms with Gasteiger partial charge >= 0.3 is 18.0 Å². The Labute approximate surface area is 190 Å². The lowest BCUT2D eigenvalue weighted by Crippen LogP contribution is -2.52. The van der Waals surface area contributed by atoms with Crippen LogP contribution in [0.2, 0.25) is 0 Å². The summed E-state index contributed by atoms with van der Waals surface area (Å²) in [4.78, 5) is 30.1. The molecule has 0 saturated heterocycles. The molecule has 3 aromatic rings. The lowest BCUT2D eigenvalue weighted by atomic mass is 10.1. The Hall–Kier alpha value is -3.50. The molecule has 4 rings (SSSR count). The van der Waals surface area contributed by atoms with Gasteiger partial charge in [-0.2, -0.15) is 22.0 Å². The smallest absolute Gasteiger partial charge is 0.436 e. The Morgan fingerprint density at radius 3 is 2.35 bits per heavy atom. The number of nitrogens with zero attached hydrogens (tertiary/aromatic N) is 2. The maximum absolute atomic E-state index is 13.2. The van der Waals surface area contributed by atoms with Crippen LogP contribution in [-0.4, -0.2) is 52.9 Å². The Bertz CT molecular complexity index is 1170.